The number of ether oxygens (including phenoxy) is 1. The highest BCUT2D eigenvalue weighted by Crippen LogP contribution is 2.16. The van der Waals surface area contributed by atoms with E-state index in [0.29, 0.717) is 19.1 Å². The standard InChI is InChI=1S/C12H20N2O2/c15-12(11-9-13-6-7-16-11)14-8-10-4-2-1-3-5-10/h1-2,10-11,13H,3-9H2,(H,14,15). The molecule has 2 aliphatic rings. The molecule has 16 heavy (non-hydrogen) atoms. The van der Waals surface area contributed by atoms with Gasteiger partial charge in [0.25, 0.3) is 0 Å². The molecule has 0 bridgehead atoms. The SMILES string of the molecule is O=C(NCC1CC=CCC1)C1CNCCO1. The molecule has 2 atom stereocenters. The van der Waals surface area contributed by atoms with E-state index in [0.717, 1.165) is 25.9 Å². The first-order chi connectivity index (χ1) is 7.86. The molecule has 0 radical (unpaired) electrons. The summed E-state index contributed by atoms with van der Waals surface area (Å²) < 4.78 is 5.39. The Morgan fingerprint density at radius 3 is 3.12 bits per heavy atom. The summed E-state index contributed by atoms with van der Waals surface area (Å²) in [6.45, 7) is 2.89. The molecule has 0 saturated carbocycles. The maximum absolute atomic E-state index is 11.7. The van der Waals surface area contributed by atoms with Gasteiger partial charge in [-0.05, 0) is 25.2 Å². The van der Waals surface area contributed by atoms with E-state index in [4.69, 9.17) is 4.74 Å². The van der Waals surface area contributed by atoms with Crippen LogP contribution < -0.4 is 10.6 Å². The van der Waals surface area contributed by atoms with Crippen molar-refractivity contribution in [1.82, 2.24) is 10.6 Å². The number of carbonyl (C=O) groups is 1. The Morgan fingerprint density at radius 2 is 2.44 bits per heavy atom. The summed E-state index contributed by atoms with van der Waals surface area (Å²) in [7, 11) is 0. The third-order valence-corrected chi connectivity index (χ3v) is 3.16. The molecule has 0 aromatic carbocycles. The quantitative estimate of drug-likeness (QED) is 0.684. The van der Waals surface area contributed by atoms with Crippen molar-refractivity contribution in [3.05, 3.63) is 12.2 Å². The highest BCUT2D eigenvalue weighted by molar-refractivity contribution is 5.81. The van der Waals surface area contributed by atoms with Crippen molar-refractivity contribution in [2.75, 3.05) is 26.2 Å². The van der Waals surface area contributed by atoms with E-state index in [9.17, 15) is 4.79 Å². The number of nitrogens with one attached hydrogen (secondary N) is 2. The topological polar surface area (TPSA) is 50.4 Å². The zero-order chi connectivity index (χ0) is 11.2. The molecular weight excluding hydrogens is 204 g/mol. The smallest absolute Gasteiger partial charge is 0.250 e. The Hall–Kier alpha value is -0.870. The second-order valence-electron chi connectivity index (χ2n) is 4.46. The molecule has 1 fully saturated rings. The lowest BCUT2D eigenvalue weighted by atomic mass is 9.94. The van der Waals surface area contributed by atoms with Gasteiger partial charge in [0.15, 0.2) is 0 Å². The van der Waals surface area contributed by atoms with Crippen LogP contribution in [0.2, 0.25) is 0 Å². The zero-order valence-electron chi connectivity index (χ0n) is 9.58. The van der Waals surface area contributed by atoms with Crippen molar-refractivity contribution in [3.8, 4) is 0 Å². The lowest BCUT2D eigenvalue weighted by molar-refractivity contribution is -0.134. The van der Waals surface area contributed by atoms with Gasteiger partial charge in [-0.15, -0.1) is 0 Å². The van der Waals surface area contributed by atoms with Crippen LogP contribution in [0, 0.1) is 5.92 Å². The highest BCUT2D eigenvalue weighted by Gasteiger charge is 2.22. The van der Waals surface area contributed by atoms with Crippen molar-refractivity contribution in [1.29, 1.82) is 0 Å². The summed E-state index contributed by atoms with van der Waals surface area (Å²) in [6, 6.07) is 0. The molecule has 1 aliphatic heterocycles. The van der Waals surface area contributed by atoms with Crippen LogP contribution in [0.4, 0.5) is 0 Å². The molecule has 1 aliphatic carbocycles. The summed E-state index contributed by atoms with van der Waals surface area (Å²) in [5.74, 6) is 0.632. The van der Waals surface area contributed by atoms with Crippen LogP contribution in [0.15, 0.2) is 12.2 Å². The van der Waals surface area contributed by atoms with E-state index in [1.165, 1.54) is 6.42 Å². The fourth-order valence-electron chi connectivity index (χ4n) is 2.13. The molecule has 0 spiro atoms. The van der Waals surface area contributed by atoms with Gasteiger partial charge in [0.1, 0.15) is 6.10 Å². The summed E-state index contributed by atoms with van der Waals surface area (Å²) in [4.78, 5) is 11.7. The van der Waals surface area contributed by atoms with E-state index in [1.54, 1.807) is 0 Å². The van der Waals surface area contributed by atoms with Crippen LogP contribution in [0.25, 0.3) is 0 Å². The van der Waals surface area contributed by atoms with Gasteiger partial charge in [0.2, 0.25) is 5.91 Å². The highest BCUT2D eigenvalue weighted by atomic mass is 16.5. The Balaban J connectivity index is 1.68. The Kier molecular flexibility index (Phi) is 4.36. The first-order valence-electron chi connectivity index (χ1n) is 6.11. The van der Waals surface area contributed by atoms with Crippen LogP contribution in [0.1, 0.15) is 19.3 Å². The second kappa shape index (κ2) is 6.01. The van der Waals surface area contributed by atoms with Gasteiger partial charge < -0.3 is 15.4 Å². The van der Waals surface area contributed by atoms with Gasteiger partial charge in [-0.3, -0.25) is 4.79 Å². The van der Waals surface area contributed by atoms with Gasteiger partial charge in [0, 0.05) is 19.6 Å². The lowest BCUT2D eigenvalue weighted by Crippen LogP contribution is -2.48. The third-order valence-electron chi connectivity index (χ3n) is 3.16. The fourth-order valence-corrected chi connectivity index (χ4v) is 2.13. The largest absolute Gasteiger partial charge is 0.366 e. The molecule has 0 aromatic rings. The molecule has 2 rings (SSSR count). The minimum absolute atomic E-state index is 0.0294. The maximum atomic E-state index is 11.7. The molecule has 0 aromatic heterocycles. The number of rotatable bonds is 3. The zero-order valence-corrected chi connectivity index (χ0v) is 9.58. The van der Waals surface area contributed by atoms with Gasteiger partial charge in [0.05, 0.1) is 6.61 Å². The molecule has 2 unspecified atom stereocenters. The van der Waals surface area contributed by atoms with Crippen LogP contribution >= 0.6 is 0 Å². The molecule has 90 valence electrons. The monoisotopic (exact) mass is 224 g/mol. The van der Waals surface area contributed by atoms with Gasteiger partial charge >= 0.3 is 0 Å². The van der Waals surface area contributed by atoms with Crippen LogP contribution in [0.5, 0.6) is 0 Å². The predicted octanol–water partition coefficient (Wildman–Crippen LogP) is 0.447. The van der Waals surface area contributed by atoms with Gasteiger partial charge in [-0.2, -0.15) is 0 Å². The third kappa shape index (κ3) is 3.32. The molecule has 1 saturated heterocycles. The Morgan fingerprint density at radius 1 is 1.50 bits per heavy atom. The van der Waals surface area contributed by atoms with Crippen molar-refractivity contribution in [3.63, 3.8) is 0 Å². The molecule has 1 amide bonds. The van der Waals surface area contributed by atoms with Crippen molar-refractivity contribution >= 4 is 5.91 Å². The van der Waals surface area contributed by atoms with E-state index in [1.807, 2.05) is 0 Å². The number of hydrogen-bond acceptors (Lipinski definition) is 3. The Labute approximate surface area is 96.4 Å². The minimum Gasteiger partial charge on any atom is -0.366 e. The molecular formula is C12H20N2O2. The van der Waals surface area contributed by atoms with Crippen LogP contribution in [0.3, 0.4) is 0 Å². The van der Waals surface area contributed by atoms with Gasteiger partial charge in [-0.25, -0.2) is 0 Å². The van der Waals surface area contributed by atoms with Gasteiger partial charge in [-0.1, -0.05) is 12.2 Å². The predicted molar refractivity (Wildman–Crippen MR) is 62.1 cm³/mol. The summed E-state index contributed by atoms with van der Waals surface area (Å²) >= 11 is 0. The first-order valence-corrected chi connectivity index (χ1v) is 6.11. The van der Waals surface area contributed by atoms with Crippen LogP contribution in [-0.2, 0) is 9.53 Å². The number of amides is 1. The second-order valence-corrected chi connectivity index (χ2v) is 4.46. The average Bonchev–Trinajstić information content (AvgIpc) is 2.38. The lowest BCUT2D eigenvalue weighted by Gasteiger charge is -2.24. The van der Waals surface area contributed by atoms with Crippen molar-refractivity contribution in [2.24, 2.45) is 5.92 Å². The summed E-state index contributed by atoms with van der Waals surface area (Å²) in [5, 5.41) is 6.14. The minimum atomic E-state index is -0.298. The number of morpholine rings is 1. The first kappa shape index (κ1) is 11.6. The summed E-state index contributed by atoms with van der Waals surface area (Å²) in [5.41, 5.74) is 0. The number of hydrogen-bond donors (Lipinski definition) is 2. The molecule has 4 heteroatoms. The van der Waals surface area contributed by atoms with E-state index >= 15 is 0 Å². The Bertz CT molecular complexity index is 260. The van der Waals surface area contributed by atoms with Crippen LogP contribution in [-0.4, -0.2) is 38.3 Å². The fraction of sp³-hybridized carbons (Fsp3) is 0.750. The maximum Gasteiger partial charge on any atom is 0.250 e. The normalized spacial score (nSPS) is 30.0. The van der Waals surface area contributed by atoms with E-state index < -0.39 is 0 Å². The van der Waals surface area contributed by atoms with E-state index in [-0.39, 0.29) is 12.0 Å². The number of carbonyl (C=O) groups excluding carboxylic acids is 1. The molecule has 1 heterocycles. The van der Waals surface area contributed by atoms with E-state index in [2.05, 4.69) is 22.8 Å². The molecule has 4 nitrogen and oxygen atoms in total. The summed E-state index contributed by atoms with van der Waals surface area (Å²) in [6.07, 6.45) is 7.53. The average molecular weight is 224 g/mol. The molecule has 2 N–H and O–H groups in total. The van der Waals surface area contributed by atoms with Crippen molar-refractivity contribution in [2.45, 2.75) is 25.4 Å². The van der Waals surface area contributed by atoms with Crippen molar-refractivity contribution < 1.29 is 9.53 Å². The number of allylic oxidation sites excluding steroid dienone is 2.